The molecular weight excluding hydrogens is 518 g/mol. The van der Waals surface area contributed by atoms with E-state index in [9.17, 15) is 14.7 Å². The lowest BCUT2D eigenvalue weighted by Gasteiger charge is -2.48. The van der Waals surface area contributed by atoms with Crippen molar-refractivity contribution in [3.63, 3.8) is 0 Å². The van der Waals surface area contributed by atoms with Gasteiger partial charge in [0.05, 0.1) is 6.04 Å². The molecule has 1 amide bonds. The quantitative estimate of drug-likeness (QED) is 0.341. The number of aromatic hydroxyl groups is 1. The maximum atomic E-state index is 13.3. The van der Waals surface area contributed by atoms with Gasteiger partial charge in [0, 0.05) is 50.4 Å². The van der Waals surface area contributed by atoms with Gasteiger partial charge in [0.25, 0.3) is 5.91 Å². The molecule has 0 saturated carbocycles. The molecule has 3 aromatic carbocycles. The first-order valence-electron chi connectivity index (χ1n) is 14.3. The van der Waals surface area contributed by atoms with Gasteiger partial charge in [0.2, 0.25) is 0 Å². The van der Waals surface area contributed by atoms with Crippen LogP contribution < -0.4 is 4.74 Å². The van der Waals surface area contributed by atoms with Gasteiger partial charge in [-0.3, -0.25) is 14.6 Å². The summed E-state index contributed by atoms with van der Waals surface area (Å²) in [5, 5.41) is 19.1. The average molecular weight is 560 g/mol. The van der Waals surface area contributed by atoms with Gasteiger partial charge in [-0.2, -0.15) is 0 Å². The Kier molecular flexibility index (Phi) is 10.0. The van der Waals surface area contributed by atoms with Gasteiger partial charge in [-0.1, -0.05) is 36.4 Å². The Morgan fingerprint density at radius 1 is 0.927 bits per heavy atom. The van der Waals surface area contributed by atoms with Crippen molar-refractivity contribution in [2.24, 2.45) is 0 Å². The highest BCUT2D eigenvalue weighted by Crippen LogP contribution is 2.35. The molecule has 1 aliphatic rings. The highest BCUT2D eigenvalue weighted by Gasteiger charge is 2.35. The van der Waals surface area contributed by atoms with Crippen molar-refractivity contribution in [3.8, 4) is 11.5 Å². The van der Waals surface area contributed by atoms with E-state index in [0.717, 1.165) is 36.3 Å². The topological polar surface area (TPSA) is 93.5 Å². The van der Waals surface area contributed by atoms with Crippen LogP contribution in [0.25, 0.3) is 0 Å². The summed E-state index contributed by atoms with van der Waals surface area (Å²) in [6.45, 7) is 11.6. The smallest absolute Gasteiger partial charge is 0.341 e. The van der Waals surface area contributed by atoms with Crippen LogP contribution in [0.4, 0.5) is 0 Å². The summed E-state index contributed by atoms with van der Waals surface area (Å²) < 4.78 is 5.54. The highest BCUT2D eigenvalue weighted by atomic mass is 16.5. The third-order valence-corrected chi connectivity index (χ3v) is 7.83. The number of nitrogens with zero attached hydrogens (tertiary/aromatic N) is 3. The molecule has 0 radical (unpaired) electrons. The maximum absolute atomic E-state index is 13.3. The Hall–Kier alpha value is -3.88. The first-order chi connectivity index (χ1) is 19.7. The Morgan fingerprint density at radius 2 is 1.61 bits per heavy atom. The van der Waals surface area contributed by atoms with Crippen molar-refractivity contribution in [3.05, 3.63) is 95.1 Å². The molecular formula is C33H41N3O5. The van der Waals surface area contributed by atoms with E-state index in [2.05, 4.69) is 29.7 Å². The molecule has 1 unspecified atom stereocenters. The summed E-state index contributed by atoms with van der Waals surface area (Å²) in [4.78, 5) is 31.1. The van der Waals surface area contributed by atoms with Gasteiger partial charge in [-0.15, -0.1) is 0 Å². The zero-order valence-electron chi connectivity index (χ0n) is 24.4. The van der Waals surface area contributed by atoms with Gasteiger partial charge in [0.1, 0.15) is 11.5 Å². The predicted octanol–water partition coefficient (Wildman–Crippen LogP) is 5.02. The summed E-state index contributed by atoms with van der Waals surface area (Å²) in [5.74, 6) is -0.258. The molecule has 0 spiro atoms. The van der Waals surface area contributed by atoms with Crippen LogP contribution >= 0.6 is 0 Å². The molecule has 3 atom stereocenters. The lowest BCUT2D eigenvalue weighted by atomic mass is 9.92. The van der Waals surface area contributed by atoms with E-state index in [1.54, 1.807) is 12.1 Å². The third-order valence-electron chi connectivity index (χ3n) is 7.83. The first-order valence-corrected chi connectivity index (χ1v) is 14.3. The number of aliphatic carboxylic acids is 1. The standard InChI is InChI=1S/C33H41N3O5/c1-5-34(6-2)33(40)28-13-8-11-26(17-28)32(27-12-9-15-30(18-27)41-22-31(38)39)36-20-23(3)35(19-24(36)4)21-25-10-7-14-29(37)16-25/h7-18,23-24,32,37H,5-6,19-22H2,1-4H3,(H,38,39)/t23-,24+,32?/m1/s1. The molecule has 0 aromatic heterocycles. The number of carboxylic acids is 1. The Morgan fingerprint density at radius 3 is 2.29 bits per heavy atom. The molecule has 1 heterocycles. The number of rotatable bonds is 11. The fourth-order valence-corrected chi connectivity index (χ4v) is 5.72. The molecule has 4 rings (SSSR count). The largest absolute Gasteiger partial charge is 0.508 e. The SMILES string of the molecule is CCN(CC)C(=O)c1cccc(C(c2cccc(OCC(=O)O)c2)N2C[C@@H](C)N(Cc3cccc(O)c3)C[C@@H]2C)c1. The van der Waals surface area contributed by atoms with Crippen LogP contribution in [0.5, 0.6) is 11.5 Å². The van der Waals surface area contributed by atoms with Crippen LogP contribution in [0.3, 0.4) is 0 Å². The van der Waals surface area contributed by atoms with Crippen LogP contribution in [-0.2, 0) is 11.3 Å². The van der Waals surface area contributed by atoms with Crippen molar-refractivity contribution in [1.82, 2.24) is 14.7 Å². The number of carboxylic acid groups (broad SMARTS) is 1. The van der Waals surface area contributed by atoms with Crippen LogP contribution in [0.15, 0.2) is 72.8 Å². The maximum Gasteiger partial charge on any atom is 0.341 e. The fourth-order valence-electron chi connectivity index (χ4n) is 5.72. The number of amides is 1. The first kappa shape index (κ1) is 30.1. The van der Waals surface area contributed by atoms with Gasteiger partial charge in [-0.05, 0) is 80.8 Å². The summed E-state index contributed by atoms with van der Waals surface area (Å²) in [6.07, 6.45) is 0. The summed E-state index contributed by atoms with van der Waals surface area (Å²) in [6, 6.07) is 23.1. The summed E-state index contributed by atoms with van der Waals surface area (Å²) >= 11 is 0. The molecule has 1 aliphatic heterocycles. The molecule has 0 aliphatic carbocycles. The Balaban J connectivity index is 1.69. The molecule has 0 bridgehead atoms. The summed E-state index contributed by atoms with van der Waals surface area (Å²) in [7, 11) is 0. The number of hydrogen-bond acceptors (Lipinski definition) is 6. The van der Waals surface area contributed by atoms with Crippen LogP contribution in [0.1, 0.15) is 60.8 Å². The molecule has 218 valence electrons. The normalized spacial score (nSPS) is 18.5. The predicted molar refractivity (Wildman–Crippen MR) is 159 cm³/mol. The lowest BCUT2D eigenvalue weighted by molar-refractivity contribution is -0.139. The molecule has 8 heteroatoms. The second-order valence-electron chi connectivity index (χ2n) is 10.8. The number of carbonyl (C=O) groups is 2. The fraction of sp³-hybridized carbons (Fsp3) is 0.394. The van der Waals surface area contributed by atoms with Crippen molar-refractivity contribution in [2.75, 3.05) is 32.8 Å². The van der Waals surface area contributed by atoms with E-state index in [1.165, 1.54) is 0 Å². The van der Waals surface area contributed by atoms with E-state index in [0.29, 0.717) is 24.4 Å². The number of phenolic OH excluding ortho intramolecular Hbond substituents is 1. The number of ether oxygens (including phenoxy) is 1. The van der Waals surface area contributed by atoms with Crippen molar-refractivity contribution in [2.45, 2.75) is 52.4 Å². The van der Waals surface area contributed by atoms with Gasteiger partial charge in [0.15, 0.2) is 6.61 Å². The average Bonchev–Trinajstić information content (AvgIpc) is 2.95. The number of carbonyl (C=O) groups excluding carboxylic acids is 1. The molecule has 3 aromatic rings. The molecule has 2 N–H and O–H groups in total. The van der Waals surface area contributed by atoms with E-state index < -0.39 is 12.6 Å². The Bertz CT molecular complexity index is 1340. The number of benzene rings is 3. The van der Waals surface area contributed by atoms with Crippen LogP contribution in [-0.4, -0.2) is 81.7 Å². The monoisotopic (exact) mass is 559 g/mol. The minimum atomic E-state index is -1.03. The van der Waals surface area contributed by atoms with Gasteiger partial charge in [-0.25, -0.2) is 4.79 Å². The second-order valence-corrected chi connectivity index (χ2v) is 10.8. The molecule has 1 fully saturated rings. The van der Waals surface area contributed by atoms with Crippen LogP contribution in [0, 0.1) is 0 Å². The zero-order chi connectivity index (χ0) is 29.5. The summed E-state index contributed by atoms with van der Waals surface area (Å²) in [5.41, 5.74) is 3.69. The number of hydrogen-bond donors (Lipinski definition) is 2. The molecule has 8 nitrogen and oxygen atoms in total. The van der Waals surface area contributed by atoms with E-state index in [1.807, 2.05) is 73.3 Å². The van der Waals surface area contributed by atoms with Crippen molar-refractivity contribution < 1.29 is 24.5 Å². The van der Waals surface area contributed by atoms with Crippen molar-refractivity contribution >= 4 is 11.9 Å². The zero-order valence-corrected chi connectivity index (χ0v) is 24.4. The Labute approximate surface area is 242 Å². The second kappa shape index (κ2) is 13.7. The minimum Gasteiger partial charge on any atom is -0.508 e. The van der Waals surface area contributed by atoms with Gasteiger partial charge < -0.3 is 19.8 Å². The minimum absolute atomic E-state index is 0.00601. The lowest BCUT2D eigenvalue weighted by Crippen LogP contribution is -2.56. The molecule has 41 heavy (non-hydrogen) atoms. The van der Waals surface area contributed by atoms with E-state index in [4.69, 9.17) is 9.84 Å². The number of piperazine rings is 1. The van der Waals surface area contributed by atoms with E-state index >= 15 is 0 Å². The van der Waals surface area contributed by atoms with Crippen molar-refractivity contribution in [1.29, 1.82) is 0 Å². The van der Waals surface area contributed by atoms with Crippen LogP contribution in [0.2, 0.25) is 0 Å². The third kappa shape index (κ3) is 7.45. The highest BCUT2D eigenvalue weighted by molar-refractivity contribution is 5.94. The molecule has 1 saturated heterocycles. The van der Waals surface area contributed by atoms with Gasteiger partial charge >= 0.3 is 5.97 Å². The van der Waals surface area contributed by atoms with E-state index in [-0.39, 0.29) is 29.8 Å². The number of phenols is 1.